The molecule has 0 bridgehead atoms. The molecule has 0 saturated heterocycles. The monoisotopic (exact) mass is 243 g/mol. The van der Waals surface area contributed by atoms with Gasteiger partial charge in [0.15, 0.2) is 0 Å². The summed E-state index contributed by atoms with van der Waals surface area (Å²) >= 11 is 0. The zero-order valence-corrected chi connectivity index (χ0v) is 10.8. The van der Waals surface area contributed by atoms with E-state index in [-0.39, 0.29) is 12.3 Å². The predicted octanol–water partition coefficient (Wildman–Crippen LogP) is 1.85. The first kappa shape index (κ1) is 13.5. The van der Waals surface area contributed by atoms with Crippen molar-refractivity contribution in [2.75, 3.05) is 18.8 Å². The van der Waals surface area contributed by atoms with Gasteiger partial charge in [-0.2, -0.15) is 4.31 Å². The van der Waals surface area contributed by atoms with Crippen LogP contribution in [-0.2, 0) is 10.0 Å². The van der Waals surface area contributed by atoms with Gasteiger partial charge in [0.05, 0.1) is 12.3 Å². The molecule has 0 N–H and O–H groups in total. The van der Waals surface area contributed by atoms with E-state index >= 15 is 0 Å². The molecule has 0 aromatic rings. The van der Waals surface area contributed by atoms with Gasteiger partial charge in [-0.25, -0.2) is 8.42 Å². The largest absolute Gasteiger partial charge is 0.215 e. The Balaban J connectivity index is 2.58. The molecule has 16 heavy (non-hydrogen) atoms. The van der Waals surface area contributed by atoms with Gasteiger partial charge < -0.3 is 0 Å². The van der Waals surface area contributed by atoms with Crippen molar-refractivity contribution >= 4 is 10.0 Å². The predicted molar refractivity (Wildman–Crippen MR) is 66.4 cm³/mol. The van der Waals surface area contributed by atoms with Crippen LogP contribution in [0.3, 0.4) is 0 Å². The van der Waals surface area contributed by atoms with Crippen LogP contribution in [0.25, 0.3) is 0 Å². The highest BCUT2D eigenvalue weighted by molar-refractivity contribution is 7.89. The molecule has 0 aromatic carbocycles. The first-order valence-electron chi connectivity index (χ1n) is 6.01. The number of sulfonamides is 1. The van der Waals surface area contributed by atoms with Gasteiger partial charge >= 0.3 is 0 Å². The summed E-state index contributed by atoms with van der Waals surface area (Å²) in [6, 6.07) is 0. The first-order valence-corrected chi connectivity index (χ1v) is 7.62. The molecular formula is C12H21NO2S. The Hall–Kier alpha value is -0.530. The lowest BCUT2D eigenvalue weighted by Gasteiger charge is -2.25. The molecule has 0 amide bonds. The molecule has 1 aliphatic rings. The normalized spacial score (nSPS) is 18.6. The third-order valence-electron chi connectivity index (χ3n) is 3.18. The molecule has 0 heterocycles. The van der Waals surface area contributed by atoms with E-state index in [1.54, 1.807) is 0 Å². The van der Waals surface area contributed by atoms with Crippen molar-refractivity contribution < 1.29 is 8.42 Å². The third kappa shape index (κ3) is 3.80. The van der Waals surface area contributed by atoms with E-state index in [4.69, 9.17) is 6.42 Å². The molecule has 4 heteroatoms. The van der Waals surface area contributed by atoms with Crippen LogP contribution in [0.15, 0.2) is 0 Å². The fourth-order valence-electron chi connectivity index (χ4n) is 2.27. The van der Waals surface area contributed by atoms with Gasteiger partial charge in [0, 0.05) is 6.54 Å². The van der Waals surface area contributed by atoms with Gasteiger partial charge in [0.2, 0.25) is 10.0 Å². The fourth-order valence-corrected chi connectivity index (χ4v) is 4.07. The molecule has 1 saturated carbocycles. The fraction of sp³-hybridized carbons (Fsp3) is 0.833. The maximum Gasteiger partial charge on any atom is 0.215 e. The van der Waals surface area contributed by atoms with Crippen LogP contribution in [0.4, 0.5) is 0 Å². The standard InChI is InChI=1S/C12H21NO2S/c1-3-10-13(4-2)16(14,15)11-12-8-6-5-7-9-12/h1,12H,4-11H2,2H3. The highest BCUT2D eigenvalue weighted by atomic mass is 32.2. The summed E-state index contributed by atoms with van der Waals surface area (Å²) in [5, 5.41) is 0. The van der Waals surface area contributed by atoms with Crippen LogP contribution in [-0.4, -0.2) is 31.6 Å². The van der Waals surface area contributed by atoms with E-state index in [0.717, 1.165) is 12.8 Å². The molecule has 0 aromatic heterocycles. The average molecular weight is 243 g/mol. The topological polar surface area (TPSA) is 37.4 Å². The highest BCUT2D eigenvalue weighted by Crippen LogP contribution is 2.25. The highest BCUT2D eigenvalue weighted by Gasteiger charge is 2.25. The van der Waals surface area contributed by atoms with E-state index in [0.29, 0.717) is 12.5 Å². The van der Waals surface area contributed by atoms with Crippen molar-refractivity contribution in [3.05, 3.63) is 0 Å². The molecule has 0 radical (unpaired) electrons. The Labute approximate surface area is 99.3 Å². The number of terminal acetylenes is 1. The zero-order chi connectivity index (χ0) is 12.0. The van der Waals surface area contributed by atoms with Crippen molar-refractivity contribution in [3.63, 3.8) is 0 Å². The summed E-state index contributed by atoms with van der Waals surface area (Å²) in [5.41, 5.74) is 0. The first-order chi connectivity index (χ1) is 7.60. The van der Waals surface area contributed by atoms with E-state index in [9.17, 15) is 8.42 Å². The summed E-state index contributed by atoms with van der Waals surface area (Å²) in [6.07, 6.45) is 10.9. The molecule has 0 aliphatic heterocycles. The van der Waals surface area contributed by atoms with Crippen molar-refractivity contribution in [2.45, 2.75) is 39.0 Å². The minimum Gasteiger partial charge on any atom is -0.212 e. The van der Waals surface area contributed by atoms with E-state index in [2.05, 4.69) is 5.92 Å². The maximum absolute atomic E-state index is 12.1. The second-order valence-corrected chi connectivity index (χ2v) is 6.43. The van der Waals surface area contributed by atoms with Crippen molar-refractivity contribution in [1.82, 2.24) is 4.31 Å². The summed E-state index contributed by atoms with van der Waals surface area (Å²) in [7, 11) is -3.14. The Morgan fingerprint density at radius 3 is 2.44 bits per heavy atom. The minimum absolute atomic E-state index is 0.200. The number of hydrogen-bond acceptors (Lipinski definition) is 2. The number of nitrogens with zero attached hydrogens (tertiary/aromatic N) is 1. The van der Waals surface area contributed by atoms with E-state index in [1.807, 2.05) is 6.92 Å². The molecule has 0 atom stereocenters. The molecule has 92 valence electrons. The molecule has 1 rings (SSSR count). The lowest BCUT2D eigenvalue weighted by atomic mass is 9.91. The Morgan fingerprint density at radius 1 is 1.31 bits per heavy atom. The second kappa shape index (κ2) is 6.27. The van der Waals surface area contributed by atoms with Gasteiger partial charge in [-0.1, -0.05) is 32.1 Å². The minimum atomic E-state index is -3.14. The summed E-state index contributed by atoms with van der Waals surface area (Å²) in [5.74, 6) is 3.03. The van der Waals surface area contributed by atoms with Crippen LogP contribution < -0.4 is 0 Å². The summed E-state index contributed by atoms with van der Waals surface area (Å²) in [6.45, 7) is 2.50. The third-order valence-corrected chi connectivity index (χ3v) is 5.25. The van der Waals surface area contributed by atoms with Crippen molar-refractivity contribution in [3.8, 4) is 12.3 Å². The van der Waals surface area contributed by atoms with Gasteiger partial charge in [0.1, 0.15) is 0 Å². The zero-order valence-electron chi connectivity index (χ0n) is 9.98. The lowest BCUT2D eigenvalue weighted by Crippen LogP contribution is -2.35. The van der Waals surface area contributed by atoms with E-state index < -0.39 is 10.0 Å². The van der Waals surface area contributed by atoms with Crippen LogP contribution in [0.2, 0.25) is 0 Å². The number of hydrogen-bond donors (Lipinski definition) is 0. The van der Waals surface area contributed by atoms with Crippen molar-refractivity contribution in [2.24, 2.45) is 5.92 Å². The molecule has 0 unspecified atom stereocenters. The Kier molecular flexibility index (Phi) is 5.30. The molecule has 1 fully saturated rings. The second-order valence-electron chi connectivity index (χ2n) is 4.41. The van der Waals surface area contributed by atoms with Crippen LogP contribution in [0.1, 0.15) is 39.0 Å². The smallest absolute Gasteiger partial charge is 0.212 e. The van der Waals surface area contributed by atoms with Gasteiger partial charge in [-0.05, 0) is 18.8 Å². The molecular weight excluding hydrogens is 222 g/mol. The quantitative estimate of drug-likeness (QED) is 0.691. The van der Waals surface area contributed by atoms with E-state index in [1.165, 1.54) is 23.6 Å². The van der Waals surface area contributed by atoms with Crippen LogP contribution in [0.5, 0.6) is 0 Å². The number of rotatable bonds is 5. The maximum atomic E-state index is 12.1. The summed E-state index contributed by atoms with van der Waals surface area (Å²) < 4.78 is 25.5. The molecule has 1 aliphatic carbocycles. The van der Waals surface area contributed by atoms with Crippen molar-refractivity contribution in [1.29, 1.82) is 0 Å². The van der Waals surface area contributed by atoms with Gasteiger partial charge in [-0.3, -0.25) is 0 Å². The SMILES string of the molecule is C#CCN(CC)S(=O)(=O)CC1CCCCC1. The summed E-state index contributed by atoms with van der Waals surface area (Å²) in [4.78, 5) is 0. The van der Waals surface area contributed by atoms with Crippen LogP contribution >= 0.6 is 0 Å². The Bertz CT molecular complexity index is 337. The molecule has 3 nitrogen and oxygen atoms in total. The molecule has 0 spiro atoms. The van der Waals surface area contributed by atoms with Crippen LogP contribution in [0, 0.1) is 18.3 Å². The van der Waals surface area contributed by atoms with Gasteiger partial charge in [-0.15, -0.1) is 6.42 Å². The average Bonchev–Trinajstić information content (AvgIpc) is 2.26. The Morgan fingerprint density at radius 2 is 1.94 bits per heavy atom. The van der Waals surface area contributed by atoms with Gasteiger partial charge in [0.25, 0.3) is 0 Å². The lowest BCUT2D eigenvalue weighted by molar-refractivity contribution is 0.374.